The van der Waals surface area contributed by atoms with Crippen LogP contribution in [0, 0.1) is 0 Å². The van der Waals surface area contributed by atoms with E-state index in [9.17, 15) is 37.8 Å². The summed E-state index contributed by atoms with van der Waals surface area (Å²) in [4.78, 5) is 46.6. The molecule has 1 saturated heterocycles. The first-order chi connectivity index (χ1) is 14.7. The van der Waals surface area contributed by atoms with E-state index in [1.165, 1.54) is 0 Å². The van der Waals surface area contributed by atoms with Gasteiger partial charge < -0.3 is 39.6 Å². The lowest BCUT2D eigenvalue weighted by molar-refractivity contribution is -0.128. The molecule has 2 aliphatic rings. The molecule has 6 N–H and O–H groups in total. The Morgan fingerprint density at radius 3 is 2.33 bits per heavy atom. The van der Waals surface area contributed by atoms with Gasteiger partial charge in [-0.15, -0.1) is 11.6 Å². The molecule has 15 nitrogen and oxygen atoms in total. The van der Waals surface area contributed by atoms with E-state index in [0.717, 1.165) is 31.0 Å². The number of hydrogen-bond acceptors (Lipinski definition) is 10. The minimum absolute atomic E-state index is 0.0930. The lowest BCUT2D eigenvalue weighted by atomic mass is 9.91. The average molecular weight is 561 g/mol. The Bertz CT molecular complexity index is 989. The molecule has 20 heteroatoms. The predicted molar refractivity (Wildman–Crippen MR) is 107 cm³/mol. The van der Waals surface area contributed by atoms with Crippen LogP contribution in [0.4, 0.5) is 4.39 Å². The van der Waals surface area contributed by atoms with Gasteiger partial charge in [-0.2, -0.15) is 8.62 Å². The molecule has 1 amide bonds. The fourth-order valence-corrected chi connectivity index (χ4v) is 6.67. The molecule has 2 aliphatic heterocycles. The van der Waals surface area contributed by atoms with Crippen LogP contribution in [0.15, 0.2) is 24.7 Å². The molecule has 1 fully saturated rings. The number of ether oxygens (including phenoxy) is 1. The quantitative estimate of drug-likeness (QED) is 0.167. The highest BCUT2D eigenvalue weighted by molar-refractivity contribution is 7.66. The van der Waals surface area contributed by atoms with Crippen LogP contribution in [0.25, 0.3) is 0 Å². The van der Waals surface area contributed by atoms with Crippen molar-refractivity contribution in [3.05, 3.63) is 24.7 Å². The van der Waals surface area contributed by atoms with E-state index in [0.29, 0.717) is 0 Å². The summed E-state index contributed by atoms with van der Waals surface area (Å²) in [5, 5.41) is 13.0. The average Bonchev–Trinajstić information content (AvgIpc) is 2.83. The van der Waals surface area contributed by atoms with Gasteiger partial charge in [-0.25, -0.2) is 18.1 Å². The number of halogens is 2. The van der Waals surface area contributed by atoms with Gasteiger partial charge in [-0.3, -0.25) is 9.32 Å². The van der Waals surface area contributed by atoms with E-state index in [1.54, 1.807) is 0 Å². The number of carbonyl (C=O) groups is 1. The highest BCUT2D eigenvalue weighted by Gasteiger charge is 2.63. The van der Waals surface area contributed by atoms with Crippen molar-refractivity contribution in [2.75, 3.05) is 6.67 Å². The van der Waals surface area contributed by atoms with Crippen molar-refractivity contribution in [1.29, 1.82) is 0 Å². The number of aliphatic hydroxyl groups is 1. The van der Waals surface area contributed by atoms with Crippen molar-refractivity contribution < 1.29 is 65.4 Å². The van der Waals surface area contributed by atoms with Crippen LogP contribution in [0.1, 0.15) is 13.8 Å². The van der Waals surface area contributed by atoms with Gasteiger partial charge >= 0.3 is 23.5 Å². The first kappa shape index (κ1) is 28.5. The number of carbonyl (C=O) groups excluding carboxylic acids is 1. The molecular weight excluding hydrogens is 540 g/mol. The minimum atomic E-state index is -5.81. The molecule has 0 saturated carbocycles. The minimum Gasteiger partial charge on any atom is -0.388 e. The standard InChI is InChI=1S/C13H21ClFN2O13P3/c1-7-16-8(18)4-5-17(7)11-13(14,6-15)9(19)10(27-11)12(2,3)28-32(23,24)30-33(25,26)29-31(20,21)22/h4-5,9-11,19H,1,6H2,2-3H3,(H,16,18)(H,23,24)(H,25,26)(H2,20,21,22)/t9-,10-,11+,13?/m0/s1. The van der Waals surface area contributed by atoms with Gasteiger partial charge in [0, 0.05) is 12.3 Å². The van der Waals surface area contributed by atoms with Crippen LogP contribution in [0.3, 0.4) is 0 Å². The van der Waals surface area contributed by atoms with Crippen molar-refractivity contribution in [2.45, 2.75) is 42.8 Å². The molecular formula is C13H21ClFN2O13P3. The van der Waals surface area contributed by atoms with Gasteiger partial charge in [-0.1, -0.05) is 6.58 Å². The first-order valence-corrected chi connectivity index (χ1v) is 13.5. The highest BCUT2D eigenvalue weighted by atomic mass is 35.5. The number of phosphoric ester groups is 1. The van der Waals surface area contributed by atoms with Gasteiger partial charge in [0.15, 0.2) is 6.23 Å². The predicted octanol–water partition coefficient (Wildman–Crippen LogP) is 0.558. The molecule has 0 spiro atoms. The molecule has 0 bridgehead atoms. The Morgan fingerprint density at radius 2 is 1.85 bits per heavy atom. The summed E-state index contributed by atoms with van der Waals surface area (Å²) < 4.78 is 66.1. The van der Waals surface area contributed by atoms with E-state index in [-0.39, 0.29) is 5.82 Å². The maximum atomic E-state index is 14.0. The van der Waals surface area contributed by atoms with Gasteiger partial charge in [-0.05, 0) is 13.8 Å². The van der Waals surface area contributed by atoms with Crippen molar-refractivity contribution in [1.82, 2.24) is 10.2 Å². The molecule has 0 aromatic rings. The molecule has 33 heavy (non-hydrogen) atoms. The fraction of sp³-hybridized carbons (Fsp3) is 0.615. The van der Waals surface area contributed by atoms with E-state index in [2.05, 4.69) is 20.5 Å². The van der Waals surface area contributed by atoms with E-state index in [4.69, 9.17) is 30.6 Å². The van der Waals surface area contributed by atoms with Crippen LogP contribution in [-0.4, -0.2) is 71.1 Å². The van der Waals surface area contributed by atoms with E-state index >= 15 is 0 Å². The van der Waals surface area contributed by atoms with Crippen molar-refractivity contribution in [2.24, 2.45) is 0 Å². The first-order valence-electron chi connectivity index (χ1n) is 8.62. The molecule has 6 atom stereocenters. The molecule has 2 heterocycles. The van der Waals surface area contributed by atoms with E-state index < -0.39 is 65.0 Å². The van der Waals surface area contributed by atoms with Gasteiger partial charge in [0.05, 0.1) is 0 Å². The summed E-state index contributed by atoms with van der Waals surface area (Å²) in [5.41, 5.74) is -2.11. The Balaban J connectivity index is 2.29. The Kier molecular flexibility index (Phi) is 8.13. The third kappa shape index (κ3) is 6.71. The molecule has 0 aromatic heterocycles. The summed E-state index contributed by atoms with van der Waals surface area (Å²) >= 11 is 6.27. The lowest BCUT2D eigenvalue weighted by Gasteiger charge is -2.37. The zero-order valence-electron chi connectivity index (χ0n) is 16.8. The summed E-state index contributed by atoms with van der Waals surface area (Å²) in [5.74, 6) is -0.649. The Labute approximate surface area is 191 Å². The molecule has 2 rings (SSSR count). The fourth-order valence-electron chi connectivity index (χ4n) is 3.06. The number of phosphoric acid groups is 3. The number of hydrogen-bond donors (Lipinski definition) is 6. The smallest absolute Gasteiger partial charge is 0.388 e. The van der Waals surface area contributed by atoms with Crippen molar-refractivity contribution >= 4 is 41.0 Å². The van der Waals surface area contributed by atoms with Crippen molar-refractivity contribution in [3.8, 4) is 0 Å². The third-order valence-electron chi connectivity index (χ3n) is 4.34. The topological polar surface area (TPSA) is 222 Å². The summed E-state index contributed by atoms with van der Waals surface area (Å²) in [6.45, 7) is 4.25. The van der Waals surface area contributed by atoms with Crippen LogP contribution in [0.5, 0.6) is 0 Å². The number of rotatable bonds is 9. The van der Waals surface area contributed by atoms with Crippen LogP contribution in [0.2, 0.25) is 0 Å². The Morgan fingerprint density at radius 1 is 1.27 bits per heavy atom. The second-order valence-electron chi connectivity index (χ2n) is 7.36. The zero-order valence-corrected chi connectivity index (χ0v) is 20.3. The summed E-state index contributed by atoms with van der Waals surface area (Å²) in [6, 6.07) is 0. The molecule has 3 unspecified atom stereocenters. The molecule has 190 valence electrons. The van der Waals surface area contributed by atoms with Gasteiger partial charge in [0.1, 0.15) is 35.2 Å². The number of alkyl halides is 2. The maximum absolute atomic E-state index is 14.0. The molecule has 0 radical (unpaired) electrons. The number of amides is 1. The number of nitrogens with one attached hydrogen (secondary N) is 1. The molecule has 0 aromatic carbocycles. The molecule has 0 aliphatic carbocycles. The maximum Gasteiger partial charge on any atom is 0.490 e. The van der Waals surface area contributed by atoms with E-state index in [1.807, 2.05) is 0 Å². The SMILES string of the molecule is C=C1NC(=O)C=CN1[C@@H]1O[C@H](C(C)(C)OP(=O)(O)OP(=O)(O)OP(=O)(O)O)[C@H](O)C1(Cl)CF. The van der Waals surface area contributed by atoms with Gasteiger partial charge in [0.2, 0.25) is 0 Å². The highest BCUT2D eigenvalue weighted by Crippen LogP contribution is 2.67. The number of nitrogens with zero attached hydrogens (tertiary/aromatic N) is 1. The second kappa shape index (κ2) is 9.40. The summed E-state index contributed by atoms with van der Waals surface area (Å²) in [7, 11) is -17.1. The monoisotopic (exact) mass is 560 g/mol. The Hall–Kier alpha value is -0.700. The van der Waals surface area contributed by atoms with Crippen LogP contribution in [-0.2, 0) is 36.4 Å². The second-order valence-corrected chi connectivity index (χ2v) is 12.4. The van der Waals surface area contributed by atoms with Crippen molar-refractivity contribution in [3.63, 3.8) is 0 Å². The van der Waals surface area contributed by atoms with Gasteiger partial charge in [0.25, 0.3) is 5.91 Å². The van der Waals surface area contributed by atoms with Crippen LogP contribution >= 0.6 is 35.1 Å². The normalized spacial score (nSPS) is 32.4. The zero-order chi connectivity index (χ0) is 25.6. The summed E-state index contributed by atoms with van der Waals surface area (Å²) in [6.07, 6.45) is -2.99. The largest absolute Gasteiger partial charge is 0.490 e. The lowest BCUT2D eigenvalue weighted by Crippen LogP contribution is -2.54. The number of aliphatic hydroxyl groups excluding tert-OH is 1. The third-order valence-corrected chi connectivity index (χ3v) is 8.88. The van der Waals surface area contributed by atoms with Crippen LogP contribution < -0.4 is 5.32 Å².